The minimum absolute atomic E-state index is 0.103. The van der Waals surface area contributed by atoms with E-state index < -0.39 is 5.60 Å². The summed E-state index contributed by atoms with van der Waals surface area (Å²) in [6.07, 6.45) is 0.613. The Morgan fingerprint density at radius 2 is 2.13 bits per heavy atom. The van der Waals surface area contributed by atoms with E-state index in [2.05, 4.69) is 15.5 Å². The van der Waals surface area contributed by atoms with E-state index in [-0.39, 0.29) is 18.4 Å². The van der Waals surface area contributed by atoms with Crippen LogP contribution in [0, 0.1) is 26.7 Å². The summed E-state index contributed by atoms with van der Waals surface area (Å²) in [5.41, 5.74) is 1.74. The van der Waals surface area contributed by atoms with Gasteiger partial charge in [0, 0.05) is 11.6 Å². The van der Waals surface area contributed by atoms with E-state index in [1.54, 1.807) is 19.1 Å². The Bertz CT molecular complexity index is 666. The van der Waals surface area contributed by atoms with Crippen LogP contribution in [0.15, 0.2) is 16.5 Å². The van der Waals surface area contributed by atoms with Crippen molar-refractivity contribution in [3.8, 4) is 0 Å². The monoisotopic (exact) mass is 319 g/mol. The molecule has 3 N–H and O–H groups in total. The van der Waals surface area contributed by atoms with Crippen LogP contribution in [0.1, 0.15) is 42.3 Å². The normalized spacial score (nSPS) is 15.2. The Kier molecular flexibility index (Phi) is 4.94. The van der Waals surface area contributed by atoms with Crippen molar-refractivity contribution in [3.05, 3.63) is 40.6 Å². The van der Waals surface area contributed by atoms with Crippen LogP contribution in [0.4, 0.5) is 0 Å². The molecular weight excluding hydrogens is 294 g/mol. The number of H-pyrrole nitrogens is 1. The molecule has 0 aromatic carbocycles. The van der Waals surface area contributed by atoms with Gasteiger partial charge in [0.25, 0.3) is 0 Å². The first-order chi connectivity index (χ1) is 10.7. The molecule has 2 aromatic heterocycles. The zero-order chi connectivity index (χ0) is 17.2. The lowest BCUT2D eigenvalue weighted by Crippen LogP contribution is -2.41. The predicted octanol–water partition coefficient (Wildman–Crippen LogP) is 2.13. The average Bonchev–Trinajstić information content (AvgIpc) is 3.06. The van der Waals surface area contributed by atoms with Gasteiger partial charge in [-0.05, 0) is 51.8 Å². The molecule has 1 amide bonds. The van der Waals surface area contributed by atoms with Crippen molar-refractivity contribution in [1.82, 2.24) is 15.5 Å². The molecule has 126 valence electrons. The van der Waals surface area contributed by atoms with Crippen LogP contribution in [0.25, 0.3) is 0 Å². The fourth-order valence-corrected chi connectivity index (χ4v) is 2.52. The molecule has 2 aromatic rings. The summed E-state index contributed by atoms with van der Waals surface area (Å²) in [4.78, 5) is 12.3. The molecule has 2 atom stereocenters. The lowest BCUT2D eigenvalue weighted by molar-refractivity contribution is -0.125. The Hall–Kier alpha value is -2.08. The first-order valence-corrected chi connectivity index (χ1v) is 7.78. The quantitative estimate of drug-likeness (QED) is 0.760. The Morgan fingerprint density at radius 1 is 1.43 bits per heavy atom. The Labute approximate surface area is 136 Å². The number of aryl methyl sites for hydroxylation is 3. The number of hydrogen-bond acceptors (Lipinski definition) is 4. The van der Waals surface area contributed by atoms with Crippen LogP contribution in [-0.2, 0) is 16.8 Å². The van der Waals surface area contributed by atoms with Crippen molar-refractivity contribution in [2.24, 2.45) is 5.92 Å². The third-order valence-electron chi connectivity index (χ3n) is 4.12. The van der Waals surface area contributed by atoms with Gasteiger partial charge in [0.2, 0.25) is 5.91 Å². The lowest BCUT2D eigenvalue weighted by atomic mass is 9.98. The zero-order valence-electron chi connectivity index (χ0n) is 14.4. The standard InChI is InChI=1S/C17H25N3O3/c1-10(8-14-12(3)19-20-13(14)4)16(21)18-9-17(5,22)15-7-6-11(2)23-15/h6-7,10,22H,8-9H2,1-5H3,(H,18,21)(H,19,20)/t10-,17-/m1/s1. The highest BCUT2D eigenvalue weighted by Gasteiger charge is 2.28. The fourth-order valence-electron chi connectivity index (χ4n) is 2.52. The van der Waals surface area contributed by atoms with Crippen molar-refractivity contribution in [3.63, 3.8) is 0 Å². The van der Waals surface area contributed by atoms with Gasteiger partial charge in [-0.1, -0.05) is 6.92 Å². The number of aromatic nitrogens is 2. The molecule has 23 heavy (non-hydrogen) atoms. The number of carbonyl (C=O) groups is 1. The third-order valence-corrected chi connectivity index (χ3v) is 4.12. The van der Waals surface area contributed by atoms with Gasteiger partial charge >= 0.3 is 0 Å². The molecule has 0 saturated carbocycles. The van der Waals surface area contributed by atoms with Crippen LogP contribution in [0.5, 0.6) is 0 Å². The maximum absolute atomic E-state index is 12.3. The van der Waals surface area contributed by atoms with E-state index in [0.717, 1.165) is 22.7 Å². The molecular formula is C17H25N3O3. The molecule has 6 heteroatoms. The molecule has 0 aliphatic rings. The highest BCUT2D eigenvalue weighted by molar-refractivity contribution is 5.78. The highest BCUT2D eigenvalue weighted by atomic mass is 16.4. The molecule has 0 spiro atoms. The summed E-state index contributed by atoms with van der Waals surface area (Å²) in [5, 5.41) is 20.3. The van der Waals surface area contributed by atoms with Gasteiger partial charge in [-0.15, -0.1) is 0 Å². The maximum Gasteiger partial charge on any atom is 0.223 e. The second-order valence-electron chi connectivity index (χ2n) is 6.42. The van der Waals surface area contributed by atoms with E-state index in [0.29, 0.717) is 12.2 Å². The Balaban J connectivity index is 1.94. The highest BCUT2D eigenvalue weighted by Crippen LogP contribution is 2.22. The number of amides is 1. The van der Waals surface area contributed by atoms with E-state index >= 15 is 0 Å². The second-order valence-corrected chi connectivity index (χ2v) is 6.42. The van der Waals surface area contributed by atoms with Crippen LogP contribution in [-0.4, -0.2) is 27.8 Å². The van der Waals surface area contributed by atoms with Gasteiger partial charge in [0.05, 0.1) is 12.2 Å². The molecule has 0 aliphatic heterocycles. The molecule has 0 radical (unpaired) electrons. The van der Waals surface area contributed by atoms with Crippen molar-refractivity contribution in [2.75, 3.05) is 6.54 Å². The number of aromatic amines is 1. The van der Waals surface area contributed by atoms with Crippen LogP contribution < -0.4 is 5.32 Å². The number of nitrogens with one attached hydrogen (secondary N) is 2. The SMILES string of the molecule is Cc1ccc([C@](C)(O)CNC(=O)[C@H](C)Cc2c(C)n[nH]c2C)o1. The van der Waals surface area contributed by atoms with Crippen molar-refractivity contribution >= 4 is 5.91 Å². The van der Waals surface area contributed by atoms with E-state index in [4.69, 9.17) is 4.42 Å². The molecule has 0 unspecified atom stereocenters. The molecule has 0 aliphatic carbocycles. The summed E-state index contributed by atoms with van der Waals surface area (Å²) in [6.45, 7) is 9.29. The van der Waals surface area contributed by atoms with Crippen molar-refractivity contribution < 1.29 is 14.3 Å². The molecule has 0 saturated heterocycles. The Morgan fingerprint density at radius 3 is 2.65 bits per heavy atom. The molecule has 0 fully saturated rings. The number of rotatable bonds is 6. The van der Waals surface area contributed by atoms with E-state index in [9.17, 15) is 9.90 Å². The number of carbonyl (C=O) groups excluding carboxylic acids is 1. The summed E-state index contributed by atoms with van der Waals surface area (Å²) in [5.74, 6) is 0.864. The zero-order valence-corrected chi connectivity index (χ0v) is 14.4. The topological polar surface area (TPSA) is 91.1 Å². The van der Waals surface area contributed by atoms with Crippen molar-refractivity contribution in [1.29, 1.82) is 0 Å². The maximum atomic E-state index is 12.3. The molecule has 0 bridgehead atoms. The fraction of sp³-hybridized carbons (Fsp3) is 0.529. The molecule has 2 rings (SSSR count). The third kappa shape index (κ3) is 4.01. The van der Waals surface area contributed by atoms with E-state index in [1.165, 1.54) is 0 Å². The average molecular weight is 319 g/mol. The van der Waals surface area contributed by atoms with Gasteiger partial charge in [-0.3, -0.25) is 9.89 Å². The van der Waals surface area contributed by atoms with Gasteiger partial charge in [-0.2, -0.15) is 5.10 Å². The summed E-state index contributed by atoms with van der Waals surface area (Å²) < 4.78 is 5.44. The minimum Gasteiger partial charge on any atom is -0.463 e. The van der Waals surface area contributed by atoms with Crippen LogP contribution >= 0.6 is 0 Å². The lowest BCUT2D eigenvalue weighted by Gasteiger charge is -2.22. The number of aliphatic hydroxyl groups is 1. The van der Waals surface area contributed by atoms with Gasteiger partial charge in [0.1, 0.15) is 17.1 Å². The van der Waals surface area contributed by atoms with E-state index in [1.807, 2.05) is 27.7 Å². The molecule has 6 nitrogen and oxygen atoms in total. The number of nitrogens with zero attached hydrogens (tertiary/aromatic N) is 1. The second kappa shape index (κ2) is 6.58. The van der Waals surface area contributed by atoms with Gasteiger partial charge in [0.15, 0.2) is 0 Å². The van der Waals surface area contributed by atoms with Crippen molar-refractivity contribution in [2.45, 2.75) is 46.6 Å². The van der Waals surface area contributed by atoms with Crippen LogP contribution in [0.2, 0.25) is 0 Å². The first kappa shape index (κ1) is 17.3. The largest absolute Gasteiger partial charge is 0.463 e. The van der Waals surface area contributed by atoms with Gasteiger partial charge in [-0.25, -0.2) is 0 Å². The predicted molar refractivity (Wildman–Crippen MR) is 87.0 cm³/mol. The summed E-state index contributed by atoms with van der Waals surface area (Å²) in [6, 6.07) is 3.52. The van der Waals surface area contributed by atoms with Gasteiger partial charge < -0.3 is 14.8 Å². The summed E-state index contributed by atoms with van der Waals surface area (Å²) >= 11 is 0. The molecule has 2 heterocycles. The minimum atomic E-state index is -1.23. The van der Waals surface area contributed by atoms with Crippen LogP contribution in [0.3, 0.4) is 0 Å². The number of furan rings is 1. The first-order valence-electron chi connectivity index (χ1n) is 7.78. The summed E-state index contributed by atoms with van der Waals surface area (Å²) in [7, 11) is 0. The number of hydrogen-bond donors (Lipinski definition) is 3. The smallest absolute Gasteiger partial charge is 0.223 e.